The van der Waals surface area contributed by atoms with Crippen LogP contribution in [-0.4, -0.2) is 31.1 Å². The smallest absolute Gasteiger partial charge is 0.255 e. The molecule has 1 saturated carbocycles. The summed E-state index contributed by atoms with van der Waals surface area (Å²) in [6, 6.07) is 7.99. The number of guanidine groups is 1. The molecule has 0 aliphatic heterocycles. The summed E-state index contributed by atoms with van der Waals surface area (Å²) in [6.07, 6.45) is 9.48. The summed E-state index contributed by atoms with van der Waals surface area (Å²) in [6.45, 7) is 5.55. The van der Waals surface area contributed by atoms with Crippen molar-refractivity contribution < 1.29 is 9.53 Å². The zero-order chi connectivity index (χ0) is 20.2. The third-order valence-electron chi connectivity index (χ3n) is 5.16. The molecule has 1 aromatic rings. The molecule has 0 bridgehead atoms. The SMILES string of the molecule is CCNC(=NCc1cccc(OCC(N)=O)c1)NC(C)CCC1CCCCC1.I. The van der Waals surface area contributed by atoms with Crippen LogP contribution in [0.2, 0.25) is 0 Å². The molecule has 0 heterocycles. The van der Waals surface area contributed by atoms with Crippen molar-refractivity contribution in [2.45, 2.75) is 71.4 Å². The fraction of sp³-hybridized carbons (Fsp3) is 0.636. The van der Waals surface area contributed by atoms with Gasteiger partial charge < -0.3 is 21.1 Å². The molecule has 2 rings (SSSR count). The minimum atomic E-state index is -0.482. The lowest BCUT2D eigenvalue weighted by Crippen LogP contribution is -2.42. The van der Waals surface area contributed by atoms with Gasteiger partial charge in [0.1, 0.15) is 5.75 Å². The number of nitrogens with two attached hydrogens (primary N) is 1. The minimum absolute atomic E-state index is 0. The van der Waals surface area contributed by atoms with E-state index in [9.17, 15) is 4.79 Å². The van der Waals surface area contributed by atoms with Gasteiger partial charge in [-0.25, -0.2) is 4.99 Å². The molecule has 0 saturated heterocycles. The number of benzene rings is 1. The second kappa shape index (κ2) is 14.5. The second-order valence-corrected chi connectivity index (χ2v) is 7.72. The number of carbonyl (C=O) groups excluding carboxylic acids is 1. The average molecular weight is 516 g/mol. The fourth-order valence-electron chi connectivity index (χ4n) is 3.65. The molecular weight excluding hydrogens is 479 g/mol. The quantitative estimate of drug-likeness (QED) is 0.250. The van der Waals surface area contributed by atoms with Crippen LogP contribution in [0.3, 0.4) is 0 Å². The van der Waals surface area contributed by atoms with Crippen LogP contribution < -0.4 is 21.1 Å². The van der Waals surface area contributed by atoms with Crippen molar-refractivity contribution in [1.82, 2.24) is 10.6 Å². The van der Waals surface area contributed by atoms with E-state index in [0.717, 1.165) is 24.0 Å². The first-order chi connectivity index (χ1) is 13.6. The van der Waals surface area contributed by atoms with E-state index in [4.69, 9.17) is 15.5 Å². The topological polar surface area (TPSA) is 88.7 Å². The van der Waals surface area contributed by atoms with Crippen LogP contribution in [0.4, 0.5) is 0 Å². The van der Waals surface area contributed by atoms with Gasteiger partial charge in [0.25, 0.3) is 5.91 Å². The number of nitrogens with zero attached hydrogens (tertiary/aromatic N) is 1. The highest BCUT2D eigenvalue weighted by molar-refractivity contribution is 14.0. The molecule has 0 aromatic heterocycles. The maximum atomic E-state index is 10.9. The lowest BCUT2D eigenvalue weighted by Gasteiger charge is -2.24. The average Bonchev–Trinajstić information content (AvgIpc) is 2.70. The van der Waals surface area contributed by atoms with Crippen molar-refractivity contribution in [3.05, 3.63) is 29.8 Å². The van der Waals surface area contributed by atoms with Gasteiger partial charge in [-0.2, -0.15) is 0 Å². The molecule has 7 heteroatoms. The van der Waals surface area contributed by atoms with Gasteiger partial charge >= 0.3 is 0 Å². The van der Waals surface area contributed by atoms with Crippen molar-refractivity contribution in [2.75, 3.05) is 13.2 Å². The molecule has 1 atom stereocenters. The number of nitrogens with one attached hydrogen (secondary N) is 2. The number of amides is 1. The highest BCUT2D eigenvalue weighted by Crippen LogP contribution is 2.27. The zero-order valence-corrected chi connectivity index (χ0v) is 20.1. The Morgan fingerprint density at radius 1 is 1.31 bits per heavy atom. The predicted octanol–water partition coefficient (Wildman–Crippen LogP) is 3.97. The van der Waals surface area contributed by atoms with Crippen LogP contribution >= 0.6 is 24.0 Å². The van der Waals surface area contributed by atoms with Gasteiger partial charge in [0.15, 0.2) is 12.6 Å². The summed E-state index contributed by atoms with van der Waals surface area (Å²) in [5.41, 5.74) is 6.15. The number of carbonyl (C=O) groups is 1. The number of primary amides is 1. The summed E-state index contributed by atoms with van der Waals surface area (Å²) >= 11 is 0. The van der Waals surface area contributed by atoms with Crippen LogP contribution in [0.5, 0.6) is 5.75 Å². The third kappa shape index (κ3) is 10.7. The fourth-order valence-corrected chi connectivity index (χ4v) is 3.65. The van der Waals surface area contributed by atoms with E-state index < -0.39 is 5.91 Å². The largest absolute Gasteiger partial charge is 0.484 e. The molecule has 1 aliphatic carbocycles. The second-order valence-electron chi connectivity index (χ2n) is 7.72. The van der Waals surface area contributed by atoms with E-state index in [2.05, 4.69) is 24.5 Å². The van der Waals surface area contributed by atoms with Gasteiger partial charge in [0, 0.05) is 12.6 Å². The Kier molecular flexibility index (Phi) is 12.7. The Morgan fingerprint density at radius 3 is 2.76 bits per heavy atom. The van der Waals surface area contributed by atoms with Gasteiger partial charge in [-0.05, 0) is 50.3 Å². The van der Waals surface area contributed by atoms with Crippen molar-refractivity contribution >= 4 is 35.8 Å². The highest BCUT2D eigenvalue weighted by Gasteiger charge is 2.15. The number of hydrogen-bond donors (Lipinski definition) is 3. The molecule has 164 valence electrons. The van der Waals surface area contributed by atoms with Gasteiger partial charge in [-0.15, -0.1) is 24.0 Å². The number of halogens is 1. The molecule has 1 aliphatic rings. The van der Waals surface area contributed by atoms with E-state index in [1.165, 1.54) is 44.9 Å². The van der Waals surface area contributed by atoms with Gasteiger partial charge in [0.2, 0.25) is 0 Å². The standard InChI is InChI=1S/C22H36N4O2.HI/c1-3-24-22(26-17(2)12-13-18-8-5-4-6-9-18)25-15-19-10-7-11-20(14-19)28-16-21(23)27;/h7,10-11,14,17-18H,3-6,8-9,12-13,15-16H2,1-2H3,(H2,23,27)(H2,24,25,26);1H. The van der Waals surface area contributed by atoms with E-state index in [1.807, 2.05) is 24.3 Å². The third-order valence-corrected chi connectivity index (χ3v) is 5.16. The van der Waals surface area contributed by atoms with E-state index in [1.54, 1.807) is 0 Å². The van der Waals surface area contributed by atoms with Gasteiger partial charge in [-0.1, -0.05) is 44.2 Å². The molecule has 1 aromatic carbocycles. The van der Waals surface area contributed by atoms with E-state index in [0.29, 0.717) is 18.3 Å². The number of aliphatic imine (C=N–C) groups is 1. The Balaban J connectivity index is 0.00000420. The monoisotopic (exact) mass is 516 g/mol. The highest BCUT2D eigenvalue weighted by atomic mass is 127. The molecule has 0 spiro atoms. The molecule has 29 heavy (non-hydrogen) atoms. The number of ether oxygens (including phenoxy) is 1. The Hall–Kier alpha value is -1.51. The summed E-state index contributed by atoms with van der Waals surface area (Å²) in [7, 11) is 0. The molecule has 1 unspecified atom stereocenters. The summed E-state index contributed by atoms with van der Waals surface area (Å²) in [5.74, 6) is 1.89. The summed E-state index contributed by atoms with van der Waals surface area (Å²) in [5, 5.41) is 6.85. The number of hydrogen-bond acceptors (Lipinski definition) is 3. The normalized spacial score (nSPS) is 15.9. The minimum Gasteiger partial charge on any atom is -0.484 e. The van der Waals surface area contributed by atoms with Crippen LogP contribution in [0, 0.1) is 5.92 Å². The first-order valence-electron chi connectivity index (χ1n) is 10.6. The molecule has 4 N–H and O–H groups in total. The maximum Gasteiger partial charge on any atom is 0.255 e. The maximum absolute atomic E-state index is 10.9. The zero-order valence-electron chi connectivity index (χ0n) is 17.8. The van der Waals surface area contributed by atoms with E-state index in [-0.39, 0.29) is 30.6 Å². The van der Waals surface area contributed by atoms with Crippen molar-refractivity contribution in [3.8, 4) is 5.75 Å². The first kappa shape index (κ1) is 25.5. The molecule has 6 nitrogen and oxygen atoms in total. The van der Waals surface area contributed by atoms with Crippen LogP contribution in [0.15, 0.2) is 29.3 Å². The summed E-state index contributed by atoms with van der Waals surface area (Å²) in [4.78, 5) is 15.6. The Bertz CT molecular complexity index is 633. The Morgan fingerprint density at radius 2 is 2.07 bits per heavy atom. The predicted molar refractivity (Wildman–Crippen MR) is 130 cm³/mol. The van der Waals surface area contributed by atoms with Crippen LogP contribution in [0.1, 0.15) is 64.4 Å². The first-order valence-corrected chi connectivity index (χ1v) is 10.6. The lowest BCUT2D eigenvalue weighted by atomic mass is 9.85. The Labute approximate surface area is 192 Å². The summed E-state index contributed by atoms with van der Waals surface area (Å²) < 4.78 is 5.36. The molecule has 1 amide bonds. The van der Waals surface area contributed by atoms with Crippen LogP contribution in [0.25, 0.3) is 0 Å². The van der Waals surface area contributed by atoms with Crippen molar-refractivity contribution in [1.29, 1.82) is 0 Å². The van der Waals surface area contributed by atoms with E-state index >= 15 is 0 Å². The van der Waals surface area contributed by atoms with Gasteiger partial charge in [-0.3, -0.25) is 4.79 Å². The molecule has 1 fully saturated rings. The van der Waals surface area contributed by atoms with Crippen LogP contribution in [-0.2, 0) is 11.3 Å². The molecule has 0 radical (unpaired) electrons. The van der Waals surface area contributed by atoms with Crippen molar-refractivity contribution in [2.24, 2.45) is 16.6 Å². The van der Waals surface area contributed by atoms with Crippen molar-refractivity contribution in [3.63, 3.8) is 0 Å². The molecular formula is C22H37IN4O2. The lowest BCUT2D eigenvalue weighted by molar-refractivity contribution is -0.119. The number of rotatable bonds is 10. The van der Waals surface area contributed by atoms with Gasteiger partial charge in [0.05, 0.1) is 6.54 Å².